The molecule has 0 saturated heterocycles. The minimum atomic E-state index is 0. The molecule has 1 aliphatic rings. The summed E-state index contributed by atoms with van der Waals surface area (Å²) < 4.78 is 0. The quantitative estimate of drug-likeness (QED) is 0.466. The van der Waals surface area contributed by atoms with Crippen molar-refractivity contribution < 1.29 is 0 Å². The number of guanidine groups is 1. The lowest BCUT2D eigenvalue weighted by molar-refractivity contribution is 0.378. The SMILES string of the molecule is CN=C(NC1CCC1)NC(C)c1ccccc1Cl.I. The van der Waals surface area contributed by atoms with Gasteiger partial charge in [0.2, 0.25) is 0 Å². The molecule has 1 atom stereocenters. The minimum absolute atomic E-state index is 0. The summed E-state index contributed by atoms with van der Waals surface area (Å²) in [5, 5.41) is 7.58. The predicted molar refractivity (Wildman–Crippen MR) is 92.6 cm³/mol. The van der Waals surface area contributed by atoms with Crippen LogP contribution in [0.4, 0.5) is 0 Å². The highest BCUT2D eigenvalue weighted by Crippen LogP contribution is 2.22. The number of hydrogen-bond acceptors (Lipinski definition) is 1. The van der Waals surface area contributed by atoms with Gasteiger partial charge in [-0.05, 0) is 37.8 Å². The Hall–Kier alpha value is -0.490. The largest absolute Gasteiger partial charge is 0.354 e. The highest BCUT2D eigenvalue weighted by molar-refractivity contribution is 14.0. The van der Waals surface area contributed by atoms with Crippen LogP contribution in [0.25, 0.3) is 0 Å². The zero-order valence-electron chi connectivity index (χ0n) is 11.3. The zero-order chi connectivity index (χ0) is 13.0. The zero-order valence-corrected chi connectivity index (χ0v) is 14.4. The van der Waals surface area contributed by atoms with Crippen molar-refractivity contribution in [3.8, 4) is 0 Å². The van der Waals surface area contributed by atoms with Crippen molar-refractivity contribution in [3.05, 3.63) is 34.9 Å². The Morgan fingerprint density at radius 2 is 2.05 bits per heavy atom. The van der Waals surface area contributed by atoms with Gasteiger partial charge < -0.3 is 10.6 Å². The van der Waals surface area contributed by atoms with E-state index >= 15 is 0 Å². The van der Waals surface area contributed by atoms with Gasteiger partial charge in [-0.3, -0.25) is 4.99 Å². The van der Waals surface area contributed by atoms with Crippen molar-refractivity contribution in [2.24, 2.45) is 4.99 Å². The molecule has 0 aliphatic heterocycles. The van der Waals surface area contributed by atoms with E-state index in [1.165, 1.54) is 19.3 Å². The van der Waals surface area contributed by atoms with Crippen molar-refractivity contribution >= 4 is 41.5 Å². The molecule has 0 aromatic heterocycles. The second-order valence-corrected chi connectivity index (χ2v) is 5.14. The summed E-state index contributed by atoms with van der Waals surface area (Å²) in [6.07, 6.45) is 3.79. The van der Waals surface area contributed by atoms with E-state index in [1.54, 1.807) is 7.05 Å². The molecule has 0 heterocycles. The standard InChI is InChI=1S/C14H20ClN3.HI/c1-10(12-8-3-4-9-13(12)15)17-14(16-2)18-11-6-5-7-11;/h3-4,8-11H,5-7H2,1-2H3,(H2,16,17,18);1H. The molecule has 1 aliphatic carbocycles. The average Bonchev–Trinajstić information content (AvgIpc) is 2.32. The van der Waals surface area contributed by atoms with Gasteiger partial charge in [-0.2, -0.15) is 0 Å². The molecule has 1 aromatic rings. The number of nitrogens with zero attached hydrogens (tertiary/aromatic N) is 1. The van der Waals surface area contributed by atoms with Crippen LogP contribution in [-0.2, 0) is 0 Å². The number of nitrogens with one attached hydrogen (secondary N) is 2. The third-order valence-electron chi connectivity index (χ3n) is 3.39. The van der Waals surface area contributed by atoms with Crippen LogP contribution in [0.2, 0.25) is 5.02 Å². The molecule has 1 saturated carbocycles. The number of benzene rings is 1. The van der Waals surface area contributed by atoms with Crippen LogP contribution in [0.3, 0.4) is 0 Å². The lowest BCUT2D eigenvalue weighted by Crippen LogP contribution is -2.46. The van der Waals surface area contributed by atoms with Crippen LogP contribution < -0.4 is 10.6 Å². The molecule has 2 rings (SSSR count). The van der Waals surface area contributed by atoms with E-state index < -0.39 is 0 Å². The Morgan fingerprint density at radius 3 is 2.58 bits per heavy atom. The summed E-state index contributed by atoms with van der Waals surface area (Å²) in [5.74, 6) is 0.854. The smallest absolute Gasteiger partial charge is 0.191 e. The molecule has 19 heavy (non-hydrogen) atoms. The molecule has 0 amide bonds. The molecular weight excluding hydrogens is 373 g/mol. The van der Waals surface area contributed by atoms with Gasteiger partial charge in [-0.25, -0.2) is 0 Å². The Labute approximate surface area is 137 Å². The Morgan fingerprint density at radius 1 is 1.37 bits per heavy atom. The van der Waals surface area contributed by atoms with E-state index in [2.05, 4.69) is 22.5 Å². The predicted octanol–water partition coefficient (Wildman–Crippen LogP) is 3.74. The molecule has 1 unspecified atom stereocenters. The second kappa shape index (κ2) is 7.94. The number of hydrogen-bond donors (Lipinski definition) is 2. The fourth-order valence-electron chi connectivity index (χ4n) is 2.03. The molecule has 0 radical (unpaired) electrons. The third kappa shape index (κ3) is 4.53. The van der Waals surface area contributed by atoms with Crippen molar-refractivity contribution in [1.82, 2.24) is 10.6 Å². The van der Waals surface area contributed by atoms with E-state index in [0.29, 0.717) is 6.04 Å². The molecule has 1 aromatic carbocycles. The fourth-order valence-corrected chi connectivity index (χ4v) is 2.33. The first-order chi connectivity index (χ1) is 8.70. The maximum absolute atomic E-state index is 6.19. The van der Waals surface area contributed by atoms with Gasteiger partial charge in [-0.15, -0.1) is 24.0 Å². The molecule has 106 valence electrons. The summed E-state index contributed by atoms with van der Waals surface area (Å²) in [7, 11) is 1.80. The molecule has 0 spiro atoms. The van der Waals surface area contributed by atoms with E-state index in [4.69, 9.17) is 11.6 Å². The Balaban J connectivity index is 0.00000180. The second-order valence-electron chi connectivity index (χ2n) is 4.73. The van der Waals surface area contributed by atoms with E-state index in [0.717, 1.165) is 16.5 Å². The molecule has 0 bridgehead atoms. The number of aliphatic imine (C=N–C) groups is 1. The van der Waals surface area contributed by atoms with Gasteiger partial charge in [0.25, 0.3) is 0 Å². The van der Waals surface area contributed by atoms with Gasteiger partial charge in [0.15, 0.2) is 5.96 Å². The normalized spacial score (nSPS) is 17.1. The molecule has 2 N–H and O–H groups in total. The lowest BCUT2D eigenvalue weighted by Gasteiger charge is -2.29. The van der Waals surface area contributed by atoms with Gasteiger partial charge >= 0.3 is 0 Å². The lowest BCUT2D eigenvalue weighted by atomic mass is 9.93. The van der Waals surface area contributed by atoms with Crippen molar-refractivity contribution in [1.29, 1.82) is 0 Å². The maximum atomic E-state index is 6.19. The average molecular weight is 394 g/mol. The third-order valence-corrected chi connectivity index (χ3v) is 3.74. The van der Waals surface area contributed by atoms with Crippen molar-refractivity contribution in [2.45, 2.75) is 38.3 Å². The molecule has 3 nitrogen and oxygen atoms in total. The summed E-state index contributed by atoms with van der Waals surface area (Å²) >= 11 is 6.19. The van der Waals surface area contributed by atoms with Crippen LogP contribution in [-0.4, -0.2) is 19.0 Å². The summed E-state index contributed by atoms with van der Waals surface area (Å²) in [5.41, 5.74) is 1.09. The van der Waals surface area contributed by atoms with E-state index in [9.17, 15) is 0 Å². The summed E-state index contributed by atoms with van der Waals surface area (Å²) in [6.45, 7) is 2.09. The Bertz CT molecular complexity index is 432. The van der Waals surface area contributed by atoms with Gasteiger partial charge in [-0.1, -0.05) is 29.8 Å². The van der Waals surface area contributed by atoms with E-state index in [1.807, 2.05) is 24.3 Å². The molecule has 1 fully saturated rings. The number of rotatable bonds is 3. The van der Waals surface area contributed by atoms with Crippen LogP contribution in [0, 0.1) is 0 Å². The number of halogens is 2. The van der Waals surface area contributed by atoms with Crippen LogP contribution in [0.1, 0.15) is 37.8 Å². The minimum Gasteiger partial charge on any atom is -0.354 e. The van der Waals surface area contributed by atoms with Gasteiger partial charge in [0.05, 0.1) is 6.04 Å². The van der Waals surface area contributed by atoms with Gasteiger partial charge in [0.1, 0.15) is 0 Å². The van der Waals surface area contributed by atoms with Crippen LogP contribution in [0.15, 0.2) is 29.3 Å². The molecule has 5 heteroatoms. The van der Waals surface area contributed by atoms with Crippen molar-refractivity contribution in [2.75, 3.05) is 7.05 Å². The summed E-state index contributed by atoms with van der Waals surface area (Å²) in [6, 6.07) is 8.62. The topological polar surface area (TPSA) is 36.4 Å². The fraction of sp³-hybridized carbons (Fsp3) is 0.500. The van der Waals surface area contributed by atoms with Gasteiger partial charge in [0, 0.05) is 18.1 Å². The van der Waals surface area contributed by atoms with Crippen molar-refractivity contribution in [3.63, 3.8) is 0 Å². The van der Waals surface area contributed by atoms with Crippen LogP contribution >= 0.6 is 35.6 Å². The monoisotopic (exact) mass is 393 g/mol. The Kier molecular flexibility index (Phi) is 6.93. The first kappa shape index (κ1) is 16.6. The first-order valence-electron chi connectivity index (χ1n) is 6.45. The summed E-state index contributed by atoms with van der Waals surface area (Å²) in [4.78, 5) is 4.26. The van der Waals surface area contributed by atoms with Crippen LogP contribution in [0.5, 0.6) is 0 Å². The highest BCUT2D eigenvalue weighted by Gasteiger charge is 2.19. The van der Waals surface area contributed by atoms with E-state index in [-0.39, 0.29) is 30.0 Å². The highest BCUT2D eigenvalue weighted by atomic mass is 127. The first-order valence-corrected chi connectivity index (χ1v) is 6.82. The molecular formula is C14H21ClIN3. The maximum Gasteiger partial charge on any atom is 0.191 e.